The smallest absolute Gasteiger partial charge is 0.263 e. The second-order valence-corrected chi connectivity index (χ2v) is 5.74. The molecule has 0 aliphatic rings. The standard InChI is InChI=1S/C20H16N2O2/c1-13-11-17(16-5-3-4-6-18(16)21-13)20(23)22-10-9-14-12-15(24-2)7-8-19(14)22/h3-12H,1-2H3. The van der Waals surface area contributed by atoms with Crippen molar-refractivity contribution < 1.29 is 9.53 Å². The number of para-hydroxylation sites is 1. The number of carbonyl (C=O) groups is 1. The molecular weight excluding hydrogens is 300 g/mol. The third-order valence-corrected chi connectivity index (χ3v) is 4.19. The van der Waals surface area contributed by atoms with Gasteiger partial charge in [-0.05, 0) is 43.3 Å². The molecule has 0 saturated carbocycles. The van der Waals surface area contributed by atoms with Crippen molar-refractivity contribution in [2.45, 2.75) is 6.92 Å². The molecule has 4 heteroatoms. The lowest BCUT2D eigenvalue weighted by Gasteiger charge is -2.09. The highest BCUT2D eigenvalue weighted by Crippen LogP contribution is 2.25. The molecule has 0 saturated heterocycles. The first-order chi connectivity index (χ1) is 11.7. The average Bonchev–Trinajstić information content (AvgIpc) is 3.03. The number of aromatic nitrogens is 2. The first kappa shape index (κ1) is 14.5. The number of benzene rings is 2. The van der Waals surface area contributed by atoms with Crippen molar-refractivity contribution in [3.63, 3.8) is 0 Å². The second-order valence-electron chi connectivity index (χ2n) is 5.74. The van der Waals surface area contributed by atoms with Gasteiger partial charge in [-0.2, -0.15) is 0 Å². The fourth-order valence-electron chi connectivity index (χ4n) is 3.04. The fourth-order valence-corrected chi connectivity index (χ4v) is 3.04. The van der Waals surface area contributed by atoms with Crippen LogP contribution in [-0.2, 0) is 0 Å². The highest BCUT2D eigenvalue weighted by Gasteiger charge is 2.16. The quantitative estimate of drug-likeness (QED) is 0.557. The summed E-state index contributed by atoms with van der Waals surface area (Å²) in [5.41, 5.74) is 3.18. The van der Waals surface area contributed by atoms with Crippen LogP contribution in [0.4, 0.5) is 0 Å². The van der Waals surface area contributed by atoms with Crippen molar-refractivity contribution in [3.8, 4) is 5.75 Å². The molecule has 0 unspecified atom stereocenters. The van der Waals surface area contributed by atoms with Gasteiger partial charge in [0.1, 0.15) is 5.75 Å². The van der Waals surface area contributed by atoms with Gasteiger partial charge in [0.15, 0.2) is 0 Å². The largest absolute Gasteiger partial charge is 0.497 e. The Bertz CT molecular complexity index is 1080. The summed E-state index contributed by atoms with van der Waals surface area (Å²) >= 11 is 0. The van der Waals surface area contributed by atoms with Gasteiger partial charge in [-0.25, -0.2) is 0 Å². The summed E-state index contributed by atoms with van der Waals surface area (Å²) in [5, 5.41) is 1.83. The van der Waals surface area contributed by atoms with Crippen LogP contribution < -0.4 is 4.74 Å². The van der Waals surface area contributed by atoms with Crippen molar-refractivity contribution in [1.82, 2.24) is 9.55 Å². The summed E-state index contributed by atoms with van der Waals surface area (Å²) in [6.45, 7) is 1.90. The van der Waals surface area contributed by atoms with Gasteiger partial charge in [-0.15, -0.1) is 0 Å². The van der Waals surface area contributed by atoms with Crippen molar-refractivity contribution >= 4 is 27.7 Å². The molecule has 4 aromatic rings. The van der Waals surface area contributed by atoms with Crippen molar-refractivity contribution in [3.05, 3.63) is 72.1 Å². The highest BCUT2D eigenvalue weighted by atomic mass is 16.5. The van der Waals surface area contributed by atoms with Crippen molar-refractivity contribution in [2.24, 2.45) is 0 Å². The Kier molecular flexibility index (Phi) is 3.31. The van der Waals surface area contributed by atoms with Crippen LogP contribution in [0.15, 0.2) is 60.8 Å². The molecule has 0 bridgehead atoms. The predicted octanol–water partition coefficient (Wildman–Crippen LogP) is 4.20. The van der Waals surface area contributed by atoms with E-state index < -0.39 is 0 Å². The third-order valence-electron chi connectivity index (χ3n) is 4.19. The van der Waals surface area contributed by atoms with E-state index >= 15 is 0 Å². The Balaban J connectivity index is 1.91. The number of methoxy groups -OCH3 is 1. The number of hydrogen-bond acceptors (Lipinski definition) is 3. The minimum atomic E-state index is -0.0585. The Morgan fingerprint density at radius 1 is 1.08 bits per heavy atom. The third kappa shape index (κ3) is 2.24. The normalized spacial score (nSPS) is 11.1. The number of hydrogen-bond donors (Lipinski definition) is 0. The lowest BCUT2D eigenvalue weighted by atomic mass is 10.1. The molecule has 0 radical (unpaired) electrons. The summed E-state index contributed by atoms with van der Waals surface area (Å²) in [7, 11) is 1.63. The zero-order valence-corrected chi connectivity index (χ0v) is 13.5. The maximum absolute atomic E-state index is 13.1. The zero-order chi connectivity index (χ0) is 16.7. The first-order valence-corrected chi connectivity index (χ1v) is 7.73. The molecule has 24 heavy (non-hydrogen) atoms. The molecule has 0 N–H and O–H groups in total. The van der Waals surface area contributed by atoms with Gasteiger partial charge in [0.25, 0.3) is 5.91 Å². The van der Waals surface area contributed by atoms with Crippen LogP contribution in [0, 0.1) is 6.92 Å². The van der Waals surface area contributed by atoms with Crippen LogP contribution in [0.3, 0.4) is 0 Å². The van der Waals surface area contributed by atoms with Crippen LogP contribution in [0.5, 0.6) is 5.75 Å². The number of pyridine rings is 1. The van der Waals surface area contributed by atoms with Gasteiger partial charge in [0, 0.05) is 22.7 Å². The van der Waals surface area contributed by atoms with Crippen LogP contribution >= 0.6 is 0 Å². The number of carbonyl (C=O) groups excluding carboxylic acids is 1. The molecule has 0 spiro atoms. The van der Waals surface area contributed by atoms with Crippen LogP contribution in [0.1, 0.15) is 16.1 Å². The predicted molar refractivity (Wildman–Crippen MR) is 94.7 cm³/mol. The van der Waals surface area contributed by atoms with Crippen LogP contribution in [-0.4, -0.2) is 22.6 Å². The molecule has 4 rings (SSSR count). The Morgan fingerprint density at radius 2 is 1.92 bits per heavy atom. The summed E-state index contributed by atoms with van der Waals surface area (Å²) in [4.78, 5) is 17.7. The summed E-state index contributed by atoms with van der Waals surface area (Å²) in [5.74, 6) is 0.717. The lowest BCUT2D eigenvalue weighted by molar-refractivity contribution is 0.0966. The number of rotatable bonds is 2. The minimum Gasteiger partial charge on any atom is -0.497 e. The van der Waals surface area contributed by atoms with E-state index in [1.807, 2.05) is 61.5 Å². The van der Waals surface area contributed by atoms with E-state index in [4.69, 9.17) is 4.74 Å². The highest BCUT2D eigenvalue weighted by molar-refractivity contribution is 6.10. The summed E-state index contributed by atoms with van der Waals surface area (Å²) in [6, 6.07) is 17.2. The minimum absolute atomic E-state index is 0.0585. The maximum Gasteiger partial charge on any atom is 0.263 e. The van der Waals surface area contributed by atoms with E-state index in [9.17, 15) is 4.79 Å². The number of fused-ring (bicyclic) bond motifs is 2. The van der Waals surface area contributed by atoms with Crippen LogP contribution in [0.2, 0.25) is 0 Å². The number of ether oxygens (including phenoxy) is 1. The zero-order valence-electron chi connectivity index (χ0n) is 13.5. The van der Waals surface area contributed by atoms with Gasteiger partial charge in [-0.1, -0.05) is 18.2 Å². The molecule has 4 nitrogen and oxygen atoms in total. The SMILES string of the molecule is COc1ccc2c(ccn2C(=O)c2cc(C)nc3ccccc23)c1. The van der Waals surface area contributed by atoms with Gasteiger partial charge in [0.05, 0.1) is 23.7 Å². The number of aryl methyl sites for hydroxylation is 1. The molecule has 2 heterocycles. The van der Waals surface area contributed by atoms with E-state index in [0.717, 1.165) is 33.2 Å². The van der Waals surface area contributed by atoms with Crippen molar-refractivity contribution in [2.75, 3.05) is 7.11 Å². The summed E-state index contributed by atoms with van der Waals surface area (Å²) < 4.78 is 6.92. The molecular formula is C20H16N2O2. The Labute approximate surface area is 139 Å². The van der Waals surface area contributed by atoms with E-state index in [1.54, 1.807) is 17.9 Å². The van der Waals surface area contributed by atoms with Gasteiger partial charge in [0.2, 0.25) is 0 Å². The molecule has 0 amide bonds. The monoisotopic (exact) mass is 316 g/mol. The lowest BCUT2D eigenvalue weighted by Crippen LogP contribution is -2.12. The molecule has 2 aromatic heterocycles. The first-order valence-electron chi connectivity index (χ1n) is 7.73. The number of nitrogens with zero attached hydrogens (tertiary/aromatic N) is 2. The van der Waals surface area contributed by atoms with E-state index in [1.165, 1.54) is 0 Å². The van der Waals surface area contributed by atoms with Gasteiger partial charge < -0.3 is 4.74 Å². The van der Waals surface area contributed by atoms with E-state index in [2.05, 4.69) is 4.98 Å². The molecule has 2 aromatic carbocycles. The molecule has 0 atom stereocenters. The average molecular weight is 316 g/mol. The van der Waals surface area contributed by atoms with Crippen molar-refractivity contribution in [1.29, 1.82) is 0 Å². The molecule has 0 aliphatic carbocycles. The molecule has 0 fully saturated rings. The van der Waals surface area contributed by atoms with Gasteiger partial charge in [-0.3, -0.25) is 14.3 Å². The van der Waals surface area contributed by atoms with Gasteiger partial charge >= 0.3 is 0 Å². The molecule has 0 aliphatic heterocycles. The van der Waals surface area contributed by atoms with E-state index in [-0.39, 0.29) is 5.91 Å². The topological polar surface area (TPSA) is 44.1 Å². The molecule has 118 valence electrons. The fraction of sp³-hybridized carbons (Fsp3) is 0.100. The maximum atomic E-state index is 13.1. The Hall–Kier alpha value is -3.14. The Morgan fingerprint density at radius 3 is 2.75 bits per heavy atom. The van der Waals surface area contributed by atoms with E-state index in [0.29, 0.717) is 5.56 Å². The van der Waals surface area contributed by atoms with Crippen LogP contribution in [0.25, 0.3) is 21.8 Å². The summed E-state index contributed by atoms with van der Waals surface area (Å²) in [6.07, 6.45) is 1.80. The second kappa shape index (κ2) is 5.49.